The third-order valence-corrected chi connectivity index (χ3v) is 4.54. The average molecular weight is 399 g/mol. The second-order valence-electron chi connectivity index (χ2n) is 7.28. The van der Waals surface area contributed by atoms with Crippen LogP contribution in [0, 0.1) is 5.82 Å². The Bertz CT molecular complexity index is 885. The second-order valence-corrected chi connectivity index (χ2v) is 7.28. The average Bonchev–Trinajstić information content (AvgIpc) is 3.15. The SMILES string of the molecule is COc1ccccc1C1=NOC(CN(Cc2cccc(F)c2)C(=O)NC(C)C)C1. The van der Waals surface area contributed by atoms with Crippen molar-refractivity contribution < 1.29 is 18.8 Å². The van der Waals surface area contributed by atoms with Gasteiger partial charge in [0.25, 0.3) is 0 Å². The number of nitrogens with one attached hydrogen (secondary N) is 1. The summed E-state index contributed by atoms with van der Waals surface area (Å²) >= 11 is 0. The first-order valence-electron chi connectivity index (χ1n) is 9.62. The van der Waals surface area contributed by atoms with Crippen LogP contribution in [0.1, 0.15) is 31.4 Å². The zero-order valence-corrected chi connectivity index (χ0v) is 16.9. The highest BCUT2D eigenvalue weighted by Crippen LogP contribution is 2.25. The van der Waals surface area contributed by atoms with Gasteiger partial charge in [0.05, 0.1) is 19.4 Å². The molecule has 1 aliphatic rings. The number of nitrogens with zero attached hydrogens (tertiary/aromatic N) is 2. The number of carbonyl (C=O) groups is 1. The zero-order chi connectivity index (χ0) is 20.8. The highest BCUT2D eigenvalue weighted by Gasteiger charge is 2.28. The van der Waals surface area contributed by atoms with Gasteiger partial charge >= 0.3 is 6.03 Å². The summed E-state index contributed by atoms with van der Waals surface area (Å²) in [6, 6.07) is 13.6. The minimum Gasteiger partial charge on any atom is -0.496 e. The molecule has 29 heavy (non-hydrogen) atoms. The minimum absolute atomic E-state index is 0.0117. The van der Waals surface area contributed by atoms with Crippen molar-refractivity contribution in [2.24, 2.45) is 5.16 Å². The Morgan fingerprint density at radius 2 is 2.10 bits per heavy atom. The van der Waals surface area contributed by atoms with E-state index in [0.717, 1.165) is 17.0 Å². The van der Waals surface area contributed by atoms with Crippen molar-refractivity contribution in [3.8, 4) is 5.75 Å². The Kier molecular flexibility index (Phi) is 6.69. The largest absolute Gasteiger partial charge is 0.496 e. The molecule has 1 aliphatic heterocycles. The van der Waals surface area contributed by atoms with Gasteiger partial charge in [0.15, 0.2) is 6.10 Å². The summed E-state index contributed by atoms with van der Waals surface area (Å²) in [6.45, 7) is 4.40. The Morgan fingerprint density at radius 1 is 1.31 bits per heavy atom. The van der Waals surface area contributed by atoms with Crippen molar-refractivity contribution in [1.29, 1.82) is 0 Å². The Labute approximate surface area is 170 Å². The third-order valence-electron chi connectivity index (χ3n) is 4.54. The van der Waals surface area contributed by atoms with E-state index >= 15 is 0 Å². The van der Waals surface area contributed by atoms with Gasteiger partial charge in [0.1, 0.15) is 11.6 Å². The van der Waals surface area contributed by atoms with Crippen LogP contribution in [0.25, 0.3) is 0 Å². The zero-order valence-electron chi connectivity index (χ0n) is 16.9. The van der Waals surface area contributed by atoms with E-state index in [2.05, 4.69) is 10.5 Å². The van der Waals surface area contributed by atoms with Gasteiger partial charge in [-0.05, 0) is 43.7 Å². The number of ether oxygens (including phenoxy) is 1. The van der Waals surface area contributed by atoms with Gasteiger partial charge in [0, 0.05) is 24.6 Å². The van der Waals surface area contributed by atoms with Crippen LogP contribution >= 0.6 is 0 Å². The lowest BCUT2D eigenvalue weighted by Gasteiger charge is -2.26. The van der Waals surface area contributed by atoms with E-state index in [1.165, 1.54) is 12.1 Å². The van der Waals surface area contributed by atoms with Crippen molar-refractivity contribution in [1.82, 2.24) is 10.2 Å². The van der Waals surface area contributed by atoms with E-state index in [9.17, 15) is 9.18 Å². The van der Waals surface area contributed by atoms with Gasteiger partial charge in [-0.3, -0.25) is 0 Å². The van der Waals surface area contributed by atoms with E-state index in [0.29, 0.717) is 18.5 Å². The summed E-state index contributed by atoms with van der Waals surface area (Å²) in [4.78, 5) is 19.9. The predicted octanol–water partition coefficient (Wildman–Crippen LogP) is 3.95. The molecule has 0 spiro atoms. The molecule has 154 valence electrons. The highest BCUT2D eigenvalue weighted by molar-refractivity contribution is 6.03. The van der Waals surface area contributed by atoms with E-state index in [1.807, 2.05) is 38.1 Å². The fraction of sp³-hybridized carbons (Fsp3) is 0.364. The number of carbonyl (C=O) groups excluding carboxylic acids is 1. The molecule has 0 aliphatic carbocycles. The minimum atomic E-state index is -0.328. The molecule has 2 aromatic rings. The highest BCUT2D eigenvalue weighted by atomic mass is 19.1. The molecule has 0 saturated carbocycles. The molecule has 2 aromatic carbocycles. The molecule has 2 amide bonds. The molecule has 0 aromatic heterocycles. The number of amides is 2. The van der Waals surface area contributed by atoms with Crippen LogP contribution in [-0.2, 0) is 11.4 Å². The van der Waals surface area contributed by atoms with Gasteiger partial charge in [-0.25, -0.2) is 9.18 Å². The van der Waals surface area contributed by atoms with Crippen molar-refractivity contribution in [2.75, 3.05) is 13.7 Å². The maximum atomic E-state index is 13.6. The standard InChI is InChI=1S/C22H26FN3O3/c1-15(2)24-22(27)26(13-16-7-6-8-17(23)11-16)14-18-12-20(25-29-18)19-9-4-5-10-21(19)28-3/h4-11,15,18H,12-14H2,1-3H3,(H,24,27). The molecule has 0 fully saturated rings. The predicted molar refractivity (Wildman–Crippen MR) is 109 cm³/mol. The maximum absolute atomic E-state index is 13.6. The van der Waals surface area contributed by atoms with Crippen LogP contribution in [0.2, 0.25) is 0 Å². The maximum Gasteiger partial charge on any atom is 0.318 e. The fourth-order valence-electron chi connectivity index (χ4n) is 3.23. The molecule has 1 unspecified atom stereocenters. The first-order valence-corrected chi connectivity index (χ1v) is 9.62. The van der Waals surface area contributed by atoms with Crippen LogP contribution in [0.15, 0.2) is 53.7 Å². The van der Waals surface area contributed by atoms with E-state index in [-0.39, 0.29) is 30.5 Å². The number of urea groups is 1. The lowest BCUT2D eigenvalue weighted by Crippen LogP contribution is -2.45. The lowest BCUT2D eigenvalue weighted by molar-refractivity contribution is 0.0586. The molecule has 0 bridgehead atoms. The fourth-order valence-corrected chi connectivity index (χ4v) is 3.23. The van der Waals surface area contributed by atoms with Gasteiger partial charge in [-0.2, -0.15) is 0 Å². The molecular weight excluding hydrogens is 373 g/mol. The summed E-state index contributed by atoms with van der Waals surface area (Å²) in [5.74, 6) is 0.398. The number of oxime groups is 1. The summed E-state index contributed by atoms with van der Waals surface area (Å²) in [5, 5.41) is 7.10. The molecule has 0 radical (unpaired) electrons. The van der Waals surface area contributed by atoms with E-state index in [4.69, 9.17) is 9.57 Å². The van der Waals surface area contributed by atoms with Crippen LogP contribution in [0.5, 0.6) is 5.75 Å². The van der Waals surface area contributed by atoms with Gasteiger partial charge < -0.3 is 19.8 Å². The molecular formula is C22H26FN3O3. The summed E-state index contributed by atoms with van der Waals surface area (Å²) in [6.07, 6.45) is 0.260. The first kappa shape index (κ1) is 20.6. The molecule has 1 heterocycles. The lowest BCUT2D eigenvalue weighted by atomic mass is 10.0. The number of hydrogen-bond donors (Lipinski definition) is 1. The second kappa shape index (κ2) is 9.41. The number of halogens is 1. The number of methoxy groups -OCH3 is 1. The van der Waals surface area contributed by atoms with E-state index in [1.54, 1.807) is 24.1 Å². The van der Waals surface area contributed by atoms with Crippen LogP contribution in [0.4, 0.5) is 9.18 Å². The van der Waals surface area contributed by atoms with Crippen molar-refractivity contribution in [3.05, 3.63) is 65.5 Å². The number of para-hydroxylation sites is 1. The Hall–Kier alpha value is -3.09. The summed E-state index contributed by atoms with van der Waals surface area (Å²) in [5.41, 5.74) is 2.37. The number of rotatable bonds is 7. The van der Waals surface area contributed by atoms with Crippen LogP contribution in [-0.4, -0.2) is 42.4 Å². The monoisotopic (exact) mass is 399 g/mol. The van der Waals surface area contributed by atoms with Crippen molar-refractivity contribution in [3.63, 3.8) is 0 Å². The molecule has 7 heteroatoms. The molecule has 3 rings (SSSR count). The smallest absolute Gasteiger partial charge is 0.318 e. The van der Waals surface area contributed by atoms with Crippen molar-refractivity contribution in [2.45, 2.75) is 39.0 Å². The van der Waals surface area contributed by atoms with Gasteiger partial charge in [-0.1, -0.05) is 29.4 Å². The first-order chi connectivity index (χ1) is 14.0. The molecule has 1 atom stereocenters. The van der Waals surface area contributed by atoms with Gasteiger partial charge in [-0.15, -0.1) is 0 Å². The third kappa shape index (κ3) is 5.47. The summed E-state index contributed by atoms with van der Waals surface area (Å²) < 4.78 is 19.0. The topological polar surface area (TPSA) is 63.2 Å². The van der Waals surface area contributed by atoms with Crippen molar-refractivity contribution >= 4 is 11.7 Å². The van der Waals surface area contributed by atoms with Gasteiger partial charge in [0.2, 0.25) is 0 Å². The quantitative estimate of drug-likeness (QED) is 0.767. The van der Waals surface area contributed by atoms with E-state index < -0.39 is 0 Å². The molecule has 6 nitrogen and oxygen atoms in total. The van der Waals surface area contributed by atoms with Crippen LogP contribution < -0.4 is 10.1 Å². The summed E-state index contributed by atoms with van der Waals surface area (Å²) in [7, 11) is 1.61. The normalized spacial score (nSPS) is 15.6. The molecule has 1 N–H and O–H groups in total. The Morgan fingerprint density at radius 3 is 2.83 bits per heavy atom. The Balaban J connectivity index is 1.70. The van der Waals surface area contributed by atoms with Crippen LogP contribution in [0.3, 0.4) is 0 Å². The number of benzene rings is 2. The molecule has 0 saturated heterocycles. The number of hydrogen-bond acceptors (Lipinski definition) is 4.